The molecular formula is C9H11NO2. The van der Waals surface area contributed by atoms with E-state index in [1.807, 2.05) is 13.0 Å². The molecule has 0 saturated heterocycles. The number of hydrogen-bond acceptors (Lipinski definition) is 3. The maximum Gasteiger partial charge on any atom is 0.162 e. The minimum Gasteiger partial charge on any atom is -0.385 e. The van der Waals surface area contributed by atoms with Gasteiger partial charge in [-0.15, -0.1) is 0 Å². The molecule has 1 atom stereocenters. The quantitative estimate of drug-likeness (QED) is 0.544. The van der Waals surface area contributed by atoms with Gasteiger partial charge in [0.05, 0.1) is 5.71 Å². The molecule has 0 fully saturated rings. The van der Waals surface area contributed by atoms with Crippen molar-refractivity contribution >= 4 is 11.5 Å². The van der Waals surface area contributed by atoms with Gasteiger partial charge in [-0.3, -0.25) is 4.79 Å². The fraction of sp³-hybridized carbons (Fsp3) is 0.556. The van der Waals surface area contributed by atoms with E-state index in [0.29, 0.717) is 6.42 Å². The summed E-state index contributed by atoms with van der Waals surface area (Å²) in [6.07, 6.45) is 5.63. The second-order valence-electron chi connectivity index (χ2n) is 3.46. The van der Waals surface area contributed by atoms with Gasteiger partial charge in [-0.1, -0.05) is 5.16 Å². The number of carbonyl (C=O) groups is 1. The molecule has 1 aliphatic heterocycles. The van der Waals surface area contributed by atoms with Crippen LogP contribution in [0.5, 0.6) is 0 Å². The predicted molar refractivity (Wildman–Crippen MR) is 44.9 cm³/mol. The number of allylic oxidation sites excluding steroid dienone is 1. The summed E-state index contributed by atoms with van der Waals surface area (Å²) in [7, 11) is 0. The summed E-state index contributed by atoms with van der Waals surface area (Å²) < 4.78 is 0. The van der Waals surface area contributed by atoms with E-state index in [-0.39, 0.29) is 11.4 Å². The Morgan fingerprint density at radius 3 is 3.00 bits per heavy atom. The highest BCUT2D eigenvalue weighted by atomic mass is 16.7. The number of rotatable bonds is 0. The lowest BCUT2D eigenvalue weighted by Crippen LogP contribution is -2.30. The highest BCUT2D eigenvalue weighted by molar-refractivity contribution is 5.92. The molecule has 0 aromatic carbocycles. The zero-order chi connectivity index (χ0) is 8.60. The zero-order valence-corrected chi connectivity index (χ0v) is 7.04. The van der Waals surface area contributed by atoms with E-state index in [2.05, 4.69) is 5.16 Å². The third kappa shape index (κ3) is 1.15. The van der Waals surface area contributed by atoms with Crippen molar-refractivity contribution in [3.05, 3.63) is 12.2 Å². The van der Waals surface area contributed by atoms with Crippen LogP contribution in [0.25, 0.3) is 0 Å². The van der Waals surface area contributed by atoms with Gasteiger partial charge < -0.3 is 4.84 Å². The smallest absolute Gasteiger partial charge is 0.162 e. The molecule has 1 heterocycles. The van der Waals surface area contributed by atoms with Crippen LogP contribution in [0, 0.1) is 0 Å². The molecule has 1 spiro atoms. The minimum absolute atomic E-state index is 0.189. The van der Waals surface area contributed by atoms with Gasteiger partial charge in [0, 0.05) is 19.3 Å². The second kappa shape index (κ2) is 2.44. The molecule has 0 saturated carbocycles. The van der Waals surface area contributed by atoms with Gasteiger partial charge in [-0.25, -0.2) is 0 Å². The molecule has 2 aliphatic rings. The largest absolute Gasteiger partial charge is 0.385 e. The monoisotopic (exact) mass is 165 g/mol. The van der Waals surface area contributed by atoms with Crippen LogP contribution in [0.15, 0.2) is 17.3 Å². The Bertz CT molecular complexity index is 280. The molecule has 0 amide bonds. The van der Waals surface area contributed by atoms with E-state index < -0.39 is 0 Å². The summed E-state index contributed by atoms with van der Waals surface area (Å²) in [6.45, 7) is 1.94. The normalized spacial score (nSPS) is 33.8. The summed E-state index contributed by atoms with van der Waals surface area (Å²) in [6, 6.07) is 0. The van der Waals surface area contributed by atoms with Gasteiger partial charge in [-0.2, -0.15) is 0 Å². The first-order valence-corrected chi connectivity index (χ1v) is 4.14. The van der Waals surface area contributed by atoms with Crippen molar-refractivity contribution < 1.29 is 9.63 Å². The van der Waals surface area contributed by atoms with Crippen LogP contribution < -0.4 is 0 Å². The van der Waals surface area contributed by atoms with Crippen LogP contribution in [0.1, 0.15) is 26.2 Å². The van der Waals surface area contributed by atoms with Crippen LogP contribution >= 0.6 is 0 Å². The van der Waals surface area contributed by atoms with Gasteiger partial charge in [-0.05, 0) is 19.1 Å². The fourth-order valence-electron chi connectivity index (χ4n) is 1.64. The molecule has 0 aromatic heterocycles. The van der Waals surface area contributed by atoms with Crippen LogP contribution in [0.2, 0.25) is 0 Å². The molecular weight excluding hydrogens is 154 g/mol. The highest BCUT2D eigenvalue weighted by Gasteiger charge is 2.37. The van der Waals surface area contributed by atoms with E-state index in [0.717, 1.165) is 18.6 Å². The average molecular weight is 165 g/mol. The van der Waals surface area contributed by atoms with Crippen molar-refractivity contribution in [1.29, 1.82) is 0 Å². The van der Waals surface area contributed by atoms with E-state index in [1.54, 1.807) is 6.08 Å². The standard InChI is InChI=1S/C9H11NO2/c1-7-6-9(12-10-7)4-2-8(11)3-5-9/h2,4H,3,5-6H2,1H3/t9-/m1/s1. The van der Waals surface area contributed by atoms with E-state index in [1.165, 1.54) is 0 Å². The molecule has 3 heteroatoms. The Balaban J connectivity index is 2.16. The molecule has 0 bridgehead atoms. The number of oxime groups is 1. The number of hydrogen-bond donors (Lipinski definition) is 0. The minimum atomic E-state index is -0.280. The van der Waals surface area contributed by atoms with Crippen LogP contribution in [0.3, 0.4) is 0 Å². The Morgan fingerprint density at radius 1 is 1.67 bits per heavy atom. The second-order valence-corrected chi connectivity index (χ2v) is 3.46. The number of ketones is 1. The maximum absolute atomic E-state index is 10.9. The molecule has 3 nitrogen and oxygen atoms in total. The van der Waals surface area contributed by atoms with Crippen molar-refractivity contribution in [2.75, 3.05) is 0 Å². The molecule has 1 aliphatic carbocycles. The third-order valence-electron chi connectivity index (χ3n) is 2.31. The molecule has 64 valence electrons. The van der Waals surface area contributed by atoms with Crippen molar-refractivity contribution in [2.45, 2.75) is 31.8 Å². The maximum atomic E-state index is 10.9. The Hall–Kier alpha value is -1.12. The van der Waals surface area contributed by atoms with Gasteiger partial charge in [0.15, 0.2) is 11.4 Å². The van der Waals surface area contributed by atoms with Gasteiger partial charge >= 0.3 is 0 Å². The zero-order valence-electron chi connectivity index (χ0n) is 7.04. The van der Waals surface area contributed by atoms with E-state index in [4.69, 9.17) is 4.84 Å². The Kier molecular flexibility index (Phi) is 1.53. The lowest BCUT2D eigenvalue weighted by molar-refractivity contribution is -0.117. The van der Waals surface area contributed by atoms with Crippen molar-refractivity contribution in [3.8, 4) is 0 Å². The number of nitrogens with zero attached hydrogens (tertiary/aromatic N) is 1. The van der Waals surface area contributed by atoms with Crippen LogP contribution in [0.4, 0.5) is 0 Å². The third-order valence-corrected chi connectivity index (χ3v) is 2.31. The Morgan fingerprint density at radius 2 is 2.50 bits per heavy atom. The first kappa shape index (κ1) is 7.53. The first-order valence-electron chi connectivity index (χ1n) is 4.14. The summed E-state index contributed by atoms with van der Waals surface area (Å²) in [4.78, 5) is 16.2. The van der Waals surface area contributed by atoms with Crippen LogP contribution in [-0.2, 0) is 9.63 Å². The fourth-order valence-corrected chi connectivity index (χ4v) is 1.64. The molecule has 0 radical (unpaired) electrons. The topological polar surface area (TPSA) is 38.7 Å². The summed E-state index contributed by atoms with van der Waals surface area (Å²) in [5.74, 6) is 0.189. The summed E-state index contributed by atoms with van der Waals surface area (Å²) >= 11 is 0. The first-order chi connectivity index (χ1) is 5.70. The molecule has 2 rings (SSSR count). The van der Waals surface area contributed by atoms with Gasteiger partial charge in [0.2, 0.25) is 0 Å². The van der Waals surface area contributed by atoms with Crippen molar-refractivity contribution in [1.82, 2.24) is 0 Å². The molecule has 0 unspecified atom stereocenters. The predicted octanol–water partition coefficient (Wildman–Crippen LogP) is 1.44. The van der Waals surface area contributed by atoms with Crippen molar-refractivity contribution in [2.24, 2.45) is 5.16 Å². The van der Waals surface area contributed by atoms with Gasteiger partial charge in [0.25, 0.3) is 0 Å². The van der Waals surface area contributed by atoms with E-state index >= 15 is 0 Å². The van der Waals surface area contributed by atoms with Gasteiger partial charge in [0.1, 0.15) is 0 Å². The summed E-state index contributed by atoms with van der Waals surface area (Å²) in [5, 5.41) is 3.89. The lowest BCUT2D eigenvalue weighted by atomic mass is 9.87. The Labute approximate surface area is 71.1 Å². The number of carbonyl (C=O) groups excluding carboxylic acids is 1. The molecule has 0 N–H and O–H groups in total. The highest BCUT2D eigenvalue weighted by Crippen LogP contribution is 2.32. The van der Waals surface area contributed by atoms with Crippen LogP contribution in [-0.4, -0.2) is 17.1 Å². The molecule has 0 aromatic rings. The summed E-state index contributed by atoms with van der Waals surface area (Å²) in [5.41, 5.74) is 0.729. The van der Waals surface area contributed by atoms with Crippen molar-refractivity contribution in [3.63, 3.8) is 0 Å². The SMILES string of the molecule is CC1=NO[C@@]2(C=CC(=O)CC2)C1. The van der Waals surface area contributed by atoms with E-state index in [9.17, 15) is 4.79 Å². The molecule has 12 heavy (non-hydrogen) atoms. The average Bonchev–Trinajstić information content (AvgIpc) is 2.40. The lowest BCUT2D eigenvalue weighted by Gasteiger charge is -2.24.